The molecule has 0 saturated heterocycles. The van der Waals surface area contributed by atoms with E-state index >= 15 is 0 Å². The van der Waals surface area contributed by atoms with Crippen LogP contribution in [0.25, 0.3) is 0 Å². The van der Waals surface area contributed by atoms with Gasteiger partial charge in [0, 0.05) is 31.7 Å². The molecule has 1 N–H and O–H groups in total. The maximum Gasteiger partial charge on any atom is 0.305 e. The molecule has 112 valence electrons. The summed E-state index contributed by atoms with van der Waals surface area (Å²) >= 11 is 1.41. The second-order valence-electron chi connectivity index (χ2n) is 4.55. The Bertz CT molecular complexity index is 423. The average Bonchev–Trinajstić information content (AvgIpc) is 2.94. The van der Waals surface area contributed by atoms with Crippen molar-refractivity contribution in [3.8, 4) is 0 Å². The van der Waals surface area contributed by atoms with E-state index < -0.39 is 5.97 Å². The molecule has 20 heavy (non-hydrogen) atoms. The molecule has 1 amide bonds. The maximum atomic E-state index is 12.1. The number of likely N-dealkylation sites (N-methyl/N-ethyl adjacent to an activating group) is 1. The van der Waals surface area contributed by atoms with Crippen LogP contribution in [-0.2, 0) is 9.59 Å². The molecule has 0 aliphatic rings. The SMILES string of the molecule is CCCCN(C)C(=O)CN(CCC(=O)O)c1nccs1. The van der Waals surface area contributed by atoms with Gasteiger partial charge >= 0.3 is 5.97 Å². The van der Waals surface area contributed by atoms with Crippen LogP contribution in [-0.4, -0.2) is 53.5 Å². The van der Waals surface area contributed by atoms with E-state index in [4.69, 9.17) is 5.11 Å². The van der Waals surface area contributed by atoms with E-state index in [0.717, 1.165) is 19.4 Å². The van der Waals surface area contributed by atoms with E-state index in [1.165, 1.54) is 11.3 Å². The minimum Gasteiger partial charge on any atom is -0.481 e. The summed E-state index contributed by atoms with van der Waals surface area (Å²) in [4.78, 5) is 30.4. The van der Waals surface area contributed by atoms with E-state index in [0.29, 0.717) is 5.13 Å². The lowest BCUT2D eigenvalue weighted by molar-refractivity contribution is -0.137. The zero-order valence-electron chi connectivity index (χ0n) is 11.9. The summed E-state index contributed by atoms with van der Waals surface area (Å²) in [7, 11) is 1.77. The minimum absolute atomic E-state index is 0.00840. The molecular weight excluding hydrogens is 278 g/mol. The first-order valence-corrected chi connectivity index (χ1v) is 7.52. The van der Waals surface area contributed by atoms with Crippen LogP contribution >= 0.6 is 11.3 Å². The van der Waals surface area contributed by atoms with Crippen LogP contribution in [0.4, 0.5) is 5.13 Å². The van der Waals surface area contributed by atoms with Gasteiger partial charge in [0.05, 0.1) is 13.0 Å². The molecule has 1 rings (SSSR count). The predicted octanol–water partition coefficient (Wildman–Crippen LogP) is 1.68. The van der Waals surface area contributed by atoms with Gasteiger partial charge in [0.15, 0.2) is 5.13 Å². The topological polar surface area (TPSA) is 73.7 Å². The first-order chi connectivity index (χ1) is 9.54. The monoisotopic (exact) mass is 299 g/mol. The number of thiazole rings is 1. The lowest BCUT2D eigenvalue weighted by Crippen LogP contribution is -2.39. The Morgan fingerprint density at radius 2 is 2.15 bits per heavy atom. The lowest BCUT2D eigenvalue weighted by atomic mass is 10.3. The summed E-state index contributed by atoms with van der Waals surface area (Å²) in [6, 6.07) is 0. The molecule has 1 heterocycles. The summed E-state index contributed by atoms with van der Waals surface area (Å²) in [6.07, 6.45) is 3.64. The molecule has 0 spiro atoms. The molecule has 0 fully saturated rings. The third kappa shape index (κ3) is 5.56. The number of aromatic nitrogens is 1. The molecule has 0 unspecified atom stereocenters. The number of carbonyl (C=O) groups is 2. The summed E-state index contributed by atoms with van der Waals surface area (Å²) in [6.45, 7) is 3.25. The number of carbonyl (C=O) groups excluding carboxylic acids is 1. The van der Waals surface area contributed by atoms with Crippen LogP contribution < -0.4 is 4.90 Å². The first kappa shape index (κ1) is 16.4. The Kier molecular flexibility index (Phi) is 7.00. The van der Waals surface area contributed by atoms with Crippen LogP contribution in [0.1, 0.15) is 26.2 Å². The maximum absolute atomic E-state index is 12.1. The fourth-order valence-electron chi connectivity index (χ4n) is 1.65. The number of rotatable bonds is 9. The number of carboxylic acids is 1. The Labute approximate surface area is 123 Å². The molecule has 0 aliphatic carbocycles. The molecule has 0 aliphatic heterocycles. The fraction of sp³-hybridized carbons (Fsp3) is 0.615. The summed E-state index contributed by atoms with van der Waals surface area (Å²) in [5.41, 5.74) is 0. The second kappa shape index (κ2) is 8.52. The lowest BCUT2D eigenvalue weighted by Gasteiger charge is -2.24. The predicted molar refractivity (Wildman–Crippen MR) is 79.1 cm³/mol. The molecule has 0 radical (unpaired) electrons. The molecule has 0 aromatic carbocycles. The van der Waals surface area contributed by atoms with Crippen molar-refractivity contribution in [3.05, 3.63) is 11.6 Å². The van der Waals surface area contributed by atoms with Crippen molar-refractivity contribution in [1.82, 2.24) is 9.88 Å². The molecule has 6 nitrogen and oxygen atoms in total. The first-order valence-electron chi connectivity index (χ1n) is 6.64. The molecule has 7 heteroatoms. The number of hydrogen-bond acceptors (Lipinski definition) is 5. The smallest absolute Gasteiger partial charge is 0.305 e. The van der Waals surface area contributed by atoms with Gasteiger partial charge in [0.2, 0.25) is 5.91 Å². The molecular formula is C13H21N3O3S. The van der Waals surface area contributed by atoms with Crippen LogP contribution in [0.5, 0.6) is 0 Å². The summed E-state index contributed by atoms with van der Waals surface area (Å²) < 4.78 is 0. The van der Waals surface area contributed by atoms with E-state index in [1.54, 1.807) is 23.0 Å². The van der Waals surface area contributed by atoms with E-state index in [-0.39, 0.29) is 25.4 Å². The van der Waals surface area contributed by atoms with Crippen molar-refractivity contribution in [2.24, 2.45) is 0 Å². The third-order valence-corrected chi connectivity index (χ3v) is 3.72. The number of aliphatic carboxylic acids is 1. The van der Waals surface area contributed by atoms with Gasteiger partial charge in [-0.1, -0.05) is 13.3 Å². The normalized spacial score (nSPS) is 10.3. The molecule has 1 aromatic rings. The van der Waals surface area contributed by atoms with Crippen molar-refractivity contribution in [2.45, 2.75) is 26.2 Å². The zero-order valence-corrected chi connectivity index (χ0v) is 12.7. The van der Waals surface area contributed by atoms with E-state index in [9.17, 15) is 9.59 Å². The van der Waals surface area contributed by atoms with Crippen molar-refractivity contribution in [2.75, 3.05) is 31.6 Å². The van der Waals surface area contributed by atoms with E-state index in [2.05, 4.69) is 11.9 Å². The Morgan fingerprint density at radius 1 is 1.40 bits per heavy atom. The van der Waals surface area contributed by atoms with Crippen LogP contribution in [0.3, 0.4) is 0 Å². The number of anilines is 1. The number of hydrogen-bond donors (Lipinski definition) is 1. The van der Waals surface area contributed by atoms with Crippen molar-refractivity contribution in [3.63, 3.8) is 0 Å². The Morgan fingerprint density at radius 3 is 2.70 bits per heavy atom. The highest BCUT2D eigenvalue weighted by Gasteiger charge is 2.17. The molecule has 0 saturated carbocycles. The van der Waals surface area contributed by atoms with Crippen molar-refractivity contribution in [1.29, 1.82) is 0 Å². The van der Waals surface area contributed by atoms with E-state index in [1.807, 2.05) is 5.38 Å². The van der Waals surface area contributed by atoms with Crippen LogP contribution in [0.2, 0.25) is 0 Å². The Hall–Kier alpha value is -1.63. The van der Waals surface area contributed by atoms with Gasteiger partial charge in [-0.25, -0.2) is 4.98 Å². The second-order valence-corrected chi connectivity index (χ2v) is 5.42. The van der Waals surface area contributed by atoms with Gasteiger partial charge in [-0.15, -0.1) is 11.3 Å². The van der Waals surface area contributed by atoms with Crippen LogP contribution in [0, 0.1) is 0 Å². The molecule has 0 bridgehead atoms. The van der Waals surface area contributed by atoms with Gasteiger partial charge in [-0.2, -0.15) is 0 Å². The quantitative estimate of drug-likeness (QED) is 0.751. The Balaban J connectivity index is 2.60. The molecule has 1 aromatic heterocycles. The number of carboxylic acid groups (broad SMARTS) is 1. The highest BCUT2D eigenvalue weighted by Crippen LogP contribution is 2.17. The van der Waals surface area contributed by atoms with Crippen molar-refractivity contribution >= 4 is 28.3 Å². The van der Waals surface area contributed by atoms with Gasteiger partial charge in [0.25, 0.3) is 0 Å². The standard InChI is InChI=1S/C13H21N3O3S/c1-3-4-7-15(2)11(17)10-16(8-5-12(18)19)13-14-6-9-20-13/h6,9H,3-5,7-8,10H2,1-2H3,(H,18,19). The zero-order chi connectivity index (χ0) is 15.0. The summed E-state index contributed by atoms with van der Waals surface area (Å²) in [5.74, 6) is -0.891. The number of unbranched alkanes of at least 4 members (excludes halogenated alkanes) is 1. The fourth-order valence-corrected chi connectivity index (χ4v) is 2.32. The third-order valence-electron chi connectivity index (χ3n) is 2.88. The average molecular weight is 299 g/mol. The summed E-state index contributed by atoms with van der Waals surface area (Å²) in [5, 5.41) is 11.3. The van der Waals surface area contributed by atoms with Crippen LogP contribution in [0.15, 0.2) is 11.6 Å². The number of nitrogens with zero attached hydrogens (tertiary/aromatic N) is 3. The molecule has 0 atom stereocenters. The largest absolute Gasteiger partial charge is 0.481 e. The van der Waals surface area contributed by atoms with Crippen molar-refractivity contribution < 1.29 is 14.7 Å². The van der Waals surface area contributed by atoms with Gasteiger partial charge in [0.1, 0.15) is 0 Å². The van der Waals surface area contributed by atoms with Gasteiger partial charge < -0.3 is 14.9 Å². The number of amides is 1. The van der Waals surface area contributed by atoms with Gasteiger partial charge in [-0.3, -0.25) is 9.59 Å². The highest BCUT2D eigenvalue weighted by molar-refractivity contribution is 7.13. The minimum atomic E-state index is -0.877. The van der Waals surface area contributed by atoms with Gasteiger partial charge in [-0.05, 0) is 6.42 Å². The highest BCUT2D eigenvalue weighted by atomic mass is 32.1.